The summed E-state index contributed by atoms with van der Waals surface area (Å²) < 4.78 is 21.0. The Morgan fingerprint density at radius 2 is 2.28 bits per heavy atom. The smallest absolute Gasteiger partial charge is 0.165 e. The molecular weight excluding hydrogens is 301 g/mol. The number of rotatable bonds is 4. The molecule has 0 unspecified atom stereocenters. The Bertz CT molecular complexity index is 556. The van der Waals surface area contributed by atoms with Crippen LogP contribution < -0.4 is 10.5 Å². The van der Waals surface area contributed by atoms with Crippen LogP contribution in [-0.2, 0) is 6.54 Å². The Kier molecular flexibility index (Phi) is 3.86. The normalized spacial score (nSPS) is 10.6. The van der Waals surface area contributed by atoms with E-state index in [1.807, 2.05) is 0 Å². The third kappa shape index (κ3) is 2.81. The van der Waals surface area contributed by atoms with Crippen molar-refractivity contribution in [2.45, 2.75) is 19.9 Å². The molecule has 4 nitrogen and oxygen atoms in total. The molecule has 96 valence electrons. The Balaban J connectivity index is 2.20. The maximum atomic E-state index is 13.4. The lowest BCUT2D eigenvalue weighted by Gasteiger charge is -2.07. The lowest BCUT2D eigenvalue weighted by Crippen LogP contribution is -1.96. The molecule has 2 N–H and O–H groups in total. The van der Waals surface area contributed by atoms with E-state index in [0.29, 0.717) is 15.9 Å². The van der Waals surface area contributed by atoms with Crippen LogP contribution in [0.15, 0.2) is 29.0 Å². The molecule has 0 bridgehead atoms. The number of nitrogens with two attached hydrogens (primary N) is 1. The zero-order valence-electron chi connectivity index (χ0n) is 9.86. The van der Waals surface area contributed by atoms with E-state index in [1.165, 1.54) is 12.1 Å². The second kappa shape index (κ2) is 5.39. The average Bonchev–Trinajstić information content (AvgIpc) is 2.74. The van der Waals surface area contributed by atoms with Gasteiger partial charge in [0.15, 0.2) is 11.5 Å². The first-order chi connectivity index (χ1) is 8.60. The van der Waals surface area contributed by atoms with Gasteiger partial charge in [-0.05, 0) is 28.4 Å². The first-order valence-corrected chi connectivity index (χ1v) is 6.34. The van der Waals surface area contributed by atoms with Crippen LogP contribution in [0.2, 0.25) is 0 Å². The Hall–Kier alpha value is -1.56. The van der Waals surface area contributed by atoms with E-state index in [1.54, 1.807) is 17.1 Å². The van der Waals surface area contributed by atoms with Crippen molar-refractivity contribution in [2.75, 3.05) is 5.73 Å². The SMILES string of the molecule is CCCn1cc(Oc2cc(F)c(Br)cc2N)cn1. The number of halogens is 2. The van der Waals surface area contributed by atoms with Crippen molar-refractivity contribution < 1.29 is 9.13 Å². The molecule has 0 saturated carbocycles. The van der Waals surface area contributed by atoms with Crippen molar-refractivity contribution in [3.8, 4) is 11.5 Å². The van der Waals surface area contributed by atoms with Crippen LogP contribution >= 0.6 is 15.9 Å². The van der Waals surface area contributed by atoms with Gasteiger partial charge in [0.2, 0.25) is 0 Å². The molecule has 0 aliphatic carbocycles. The van der Waals surface area contributed by atoms with Gasteiger partial charge >= 0.3 is 0 Å². The molecule has 0 aliphatic rings. The minimum absolute atomic E-state index is 0.284. The van der Waals surface area contributed by atoms with Gasteiger partial charge in [0.25, 0.3) is 0 Å². The lowest BCUT2D eigenvalue weighted by atomic mass is 10.3. The summed E-state index contributed by atoms with van der Waals surface area (Å²) >= 11 is 3.06. The minimum atomic E-state index is -0.417. The van der Waals surface area contributed by atoms with Gasteiger partial charge in [0.05, 0.1) is 22.6 Å². The van der Waals surface area contributed by atoms with Crippen LogP contribution in [0.3, 0.4) is 0 Å². The third-order valence-corrected chi connectivity index (χ3v) is 2.95. The fraction of sp³-hybridized carbons (Fsp3) is 0.250. The number of hydrogen-bond donors (Lipinski definition) is 1. The summed E-state index contributed by atoms with van der Waals surface area (Å²) in [6, 6.07) is 2.72. The maximum Gasteiger partial charge on any atom is 0.165 e. The zero-order chi connectivity index (χ0) is 13.1. The van der Waals surface area contributed by atoms with Crippen molar-refractivity contribution in [1.29, 1.82) is 0 Å². The monoisotopic (exact) mass is 313 g/mol. The molecule has 1 heterocycles. The summed E-state index contributed by atoms with van der Waals surface area (Å²) in [5.74, 6) is 0.406. The number of nitrogen functional groups attached to an aromatic ring is 1. The van der Waals surface area contributed by atoms with Gasteiger partial charge in [-0.1, -0.05) is 6.92 Å². The highest BCUT2D eigenvalue weighted by atomic mass is 79.9. The summed E-state index contributed by atoms with van der Waals surface area (Å²) in [4.78, 5) is 0. The predicted octanol–water partition coefficient (Wildman–Crippen LogP) is 3.57. The van der Waals surface area contributed by atoms with E-state index in [9.17, 15) is 4.39 Å². The van der Waals surface area contributed by atoms with Crippen molar-refractivity contribution in [1.82, 2.24) is 9.78 Å². The largest absolute Gasteiger partial charge is 0.452 e. The highest BCUT2D eigenvalue weighted by Crippen LogP contribution is 2.31. The minimum Gasteiger partial charge on any atom is -0.452 e. The zero-order valence-corrected chi connectivity index (χ0v) is 11.4. The lowest BCUT2D eigenvalue weighted by molar-refractivity contribution is 0.477. The van der Waals surface area contributed by atoms with E-state index < -0.39 is 5.82 Å². The molecule has 2 aromatic rings. The summed E-state index contributed by atoms with van der Waals surface area (Å²) in [6.45, 7) is 2.87. The van der Waals surface area contributed by atoms with Crippen LogP contribution in [0.4, 0.5) is 10.1 Å². The van der Waals surface area contributed by atoms with Gasteiger partial charge in [0, 0.05) is 12.6 Å². The Morgan fingerprint density at radius 1 is 1.50 bits per heavy atom. The number of anilines is 1. The van der Waals surface area contributed by atoms with E-state index in [4.69, 9.17) is 10.5 Å². The number of nitrogens with zero attached hydrogens (tertiary/aromatic N) is 2. The van der Waals surface area contributed by atoms with E-state index in [2.05, 4.69) is 28.0 Å². The number of benzene rings is 1. The van der Waals surface area contributed by atoms with Crippen molar-refractivity contribution in [3.05, 3.63) is 34.8 Å². The average molecular weight is 314 g/mol. The fourth-order valence-corrected chi connectivity index (χ4v) is 1.87. The molecule has 0 spiro atoms. The van der Waals surface area contributed by atoms with Gasteiger partial charge < -0.3 is 10.5 Å². The topological polar surface area (TPSA) is 53.1 Å². The fourth-order valence-electron chi connectivity index (χ4n) is 1.51. The van der Waals surface area contributed by atoms with Crippen molar-refractivity contribution in [2.24, 2.45) is 0 Å². The Labute approximate surface area is 113 Å². The molecule has 18 heavy (non-hydrogen) atoms. The highest BCUT2D eigenvalue weighted by Gasteiger charge is 2.09. The first kappa shape index (κ1) is 12.9. The van der Waals surface area contributed by atoms with Crippen LogP contribution in [-0.4, -0.2) is 9.78 Å². The number of aryl methyl sites for hydroxylation is 1. The number of hydrogen-bond acceptors (Lipinski definition) is 3. The summed E-state index contributed by atoms with van der Waals surface area (Å²) in [7, 11) is 0. The molecule has 0 aliphatic heterocycles. The second-order valence-electron chi connectivity index (χ2n) is 3.85. The first-order valence-electron chi connectivity index (χ1n) is 5.55. The van der Waals surface area contributed by atoms with E-state index >= 15 is 0 Å². The molecule has 0 amide bonds. The standard InChI is InChI=1S/C12H13BrFN3O/c1-2-3-17-7-8(6-16-17)18-12-5-10(14)9(13)4-11(12)15/h4-7H,2-3,15H2,1H3. The summed E-state index contributed by atoms with van der Waals surface area (Å²) in [5.41, 5.74) is 6.12. The van der Waals surface area contributed by atoms with Crippen LogP contribution in [0, 0.1) is 5.82 Å². The highest BCUT2D eigenvalue weighted by molar-refractivity contribution is 9.10. The quantitative estimate of drug-likeness (QED) is 0.878. The molecule has 2 rings (SSSR count). The van der Waals surface area contributed by atoms with E-state index in [0.717, 1.165) is 13.0 Å². The molecule has 0 radical (unpaired) electrons. The predicted molar refractivity (Wildman–Crippen MR) is 71.1 cm³/mol. The van der Waals surface area contributed by atoms with Crippen LogP contribution in [0.1, 0.15) is 13.3 Å². The van der Waals surface area contributed by atoms with Gasteiger partial charge in [-0.3, -0.25) is 4.68 Å². The summed E-state index contributed by atoms with van der Waals surface area (Å²) in [6.07, 6.45) is 4.31. The van der Waals surface area contributed by atoms with Gasteiger partial charge in [0.1, 0.15) is 5.82 Å². The second-order valence-corrected chi connectivity index (χ2v) is 4.70. The molecule has 0 atom stereocenters. The van der Waals surface area contributed by atoms with Gasteiger partial charge in [-0.2, -0.15) is 5.10 Å². The van der Waals surface area contributed by atoms with Crippen molar-refractivity contribution >= 4 is 21.6 Å². The molecule has 1 aromatic heterocycles. The maximum absolute atomic E-state index is 13.4. The van der Waals surface area contributed by atoms with Gasteiger partial charge in [-0.15, -0.1) is 0 Å². The third-order valence-electron chi connectivity index (χ3n) is 2.34. The molecule has 6 heteroatoms. The van der Waals surface area contributed by atoms with E-state index in [-0.39, 0.29) is 5.75 Å². The molecule has 0 fully saturated rings. The Morgan fingerprint density at radius 3 is 3.00 bits per heavy atom. The molecular formula is C12H13BrFN3O. The van der Waals surface area contributed by atoms with Gasteiger partial charge in [-0.25, -0.2) is 4.39 Å². The van der Waals surface area contributed by atoms with Crippen molar-refractivity contribution in [3.63, 3.8) is 0 Å². The van der Waals surface area contributed by atoms with Crippen LogP contribution in [0.25, 0.3) is 0 Å². The molecule has 1 aromatic carbocycles. The molecule has 0 saturated heterocycles. The number of ether oxygens (including phenoxy) is 1. The number of aromatic nitrogens is 2. The summed E-state index contributed by atoms with van der Waals surface area (Å²) in [5, 5.41) is 4.12. The van der Waals surface area contributed by atoms with Crippen LogP contribution in [0.5, 0.6) is 11.5 Å².